The van der Waals surface area contributed by atoms with Crippen LogP contribution in [-0.4, -0.2) is 53.6 Å². The van der Waals surface area contributed by atoms with Gasteiger partial charge in [0.15, 0.2) is 0 Å². The largest absolute Gasteiger partial charge is 0.378 e. The number of carbonyl (C=O) groups excluding carboxylic acids is 1. The minimum absolute atomic E-state index is 0.0545. The highest BCUT2D eigenvalue weighted by Gasteiger charge is 2.20. The number of benzene rings is 1. The third kappa shape index (κ3) is 5.00. The smallest absolute Gasteiger partial charge is 0.272 e. The standard InChI is InChI=1S/C19H24N4O2/c1-15-14-17(18(24)23-10-12-25-13-11-23)22-19(21-15)20-9-5-8-16-6-3-2-4-7-16/h2-4,6-7,14H,5,8-13H2,1H3,(H,20,21,22). The number of carbonyl (C=O) groups is 1. The van der Waals surface area contributed by atoms with E-state index in [1.165, 1.54) is 5.56 Å². The molecule has 6 nitrogen and oxygen atoms in total. The number of morpholine rings is 1. The van der Waals surface area contributed by atoms with Gasteiger partial charge in [-0.3, -0.25) is 4.79 Å². The van der Waals surface area contributed by atoms with Crippen LogP contribution in [0.2, 0.25) is 0 Å². The average molecular weight is 340 g/mol. The van der Waals surface area contributed by atoms with Crippen LogP contribution in [0.4, 0.5) is 5.95 Å². The van der Waals surface area contributed by atoms with Gasteiger partial charge in [0.2, 0.25) is 5.95 Å². The van der Waals surface area contributed by atoms with Gasteiger partial charge in [-0.1, -0.05) is 30.3 Å². The van der Waals surface area contributed by atoms with Gasteiger partial charge in [0.1, 0.15) is 5.69 Å². The molecule has 3 rings (SSSR count). The Labute approximate surface area is 148 Å². The second kappa shape index (κ2) is 8.58. The Hall–Kier alpha value is -2.47. The van der Waals surface area contributed by atoms with Gasteiger partial charge in [-0.25, -0.2) is 9.97 Å². The van der Waals surface area contributed by atoms with Crippen LogP contribution >= 0.6 is 0 Å². The molecule has 1 fully saturated rings. The molecular weight excluding hydrogens is 316 g/mol. The molecule has 0 radical (unpaired) electrons. The number of ether oxygens (including phenoxy) is 1. The van der Waals surface area contributed by atoms with Crippen LogP contribution in [0.25, 0.3) is 0 Å². The topological polar surface area (TPSA) is 67.4 Å². The zero-order chi connectivity index (χ0) is 17.5. The molecule has 0 atom stereocenters. The number of hydrogen-bond acceptors (Lipinski definition) is 5. The maximum Gasteiger partial charge on any atom is 0.272 e. The van der Waals surface area contributed by atoms with Crippen molar-refractivity contribution >= 4 is 11.9 Å². The minimum Gasteiger partial charge on any atom is -0.378 e. The molecule has 0 aliphatic carbocycles. The molecule has 1 aliphatic heterocycles. The molecular formula is C19H24N4O2. The number of anilines is 1. The summed E-state index contributed by atoms with van der Waals surface area (Å²) in [4.78, 5) is 23.1. The van der Waals surface area contributed by atoms with Gasteiger partial charge < -0.3 is 15.0 Å². The summed E-state index contributed by atoms with van der Waals surface area (Å²) in [6, 6.07) is 12.1. The normalized spacial score (nSPS) is 14.4. The van der Waals surface area contributed by atoms with Crippen molar-refractivity contribution in [1.29, 1.82) is 0 Å². The van der Waals surface area contributed by atoms with E-state index in [-0.39, 0.29) is 5.91 Å². The Balaban J connectivity index is 1.56. The van der Waals surface area contributed by atoms with Crippen molar-refractivity contribution in [3.8, 4) is 0 Å². The van der Waals surface area contributed by atoms with Crippen molar-refractivity contribution in [2.75, 3.05) is 38.2 Å². The van der Waals surface area contributed by atoms with Gasteiger partial charge in [0.05, 0.1) is 13.2 Å². The summed E-state index contributed by atoms with van der Waals surface area (Å²) in [6.07, 6.45) is 1.98. The van der Waals surface area contributed by atoms with Gasteiger partial charge in [-0.2, -0.15) is 0 Å². The van der Waals surface area contributed by atoms with Crippen molar-refractivity contribution in [2.45, 2.75) is 19.8 Å². The first-order valence-corrected chi connectivity index (χ1v) is 8.73. The first-order valence-electron chi connectivity index (χ1n) is 8.73. The third-order valence-electron chi connectivity index (χ3n) is 4.14. The van der Waals surface area contributed by atoms with Crippen molar-refractivity contribution in [3.05, 3.63) is 53.3 Å². The van der Waals surface area contributed by atoms with E-state index in [2.05, 4.69) is 39.6 Å². The Morgan fingerprint density at radius 3 is 2.72 bits per heavy atom. The number of amides is 1. The summed E-state index contributed by atoms with van der Waals surface area (Å²) in [5.74, 6) is 0.464. The van der Waals surface area contributed by atoms with Crippen molar-refractivity contribution in [1.82, 2.24) is 14.9 Å². The van der Waals surface area contributed by atoms with Crippen LogP contribution in [0.3, 0.4) is 0 Å². The first-order chi connectivity index (χ1) is 12.2. The Morgan fingerprint density at radius 2 is 1.96 bits per heavy atom. The second-order valence-corrected chi connectivity index (χ2v) is 6.14. The van der Waals surface area contributed by atoms with Gasteiger partial charge in [-0.05, 0) is 31.4 Å². The van der Waals surface area contributed by atoms with E-state index >= 15 is 0 Å². The predicted molar refractivity (Wildman–Crippen MR) is 96.7 cm³/mol. The fourth-order valence-corrected chi connectivity index (χ4v) is 2.82. The number of nitrogens with one attached hydrogen (secondary N) is 1. The Bertz CT molecular complexity index is 700. The summed E-state index contributed by atoms with van der Waals surface area (Å²) in [5, 5.41) is 3.24. The summed E-state index contributed by atoms with van der Waals surface area (Å²) in [5.41, 5.74) is 2.55. The van der Waals surface area contributed by atoms with E-state index < -0.39 is 0 Å². The molecule has 2 heterocycles. The summed E-state index contributed by atoms with van der Waals surface area (Å²) in [7, 11) is 0. The van der Waals surface area contributed by atoms with Crippen molar-refractivity contribution < 1.29 is 9.53 Å². The molecule has 0 spiro atoms. The summed E-state index contributed by atoms with van der Waals surface area (Å²) < 4.78 is 5.30. The number of rotatable bonds is 6. The number of aromatic nitrogens is 2. The lowest BCUT2D eigenvalue weighted by Gasteiger charge is -2.26. The van der Waals surface area contributed by atoms with Crippen LogP contribution < -0.4 is 5.32 Å². The van der Waals surface area contributed by atoms with Crippen molar-refractivity contribution in [2.24, 2.45) is 0 Å². The third-order valence-corrected chi connectivity index (χ3v) is 4.14. The molecule has 1 aromatic heterocycles. The van der Waals surface area contributed by atoms with Gasteiger partial charge in [0.25, 0.3) is 5.91 Å². The zero-order valence-electron chi connectivity index (χ0n) is 14.6. The SMILES string of the molecule is Cc1cc(C(=O)N2CCOCC2)nc(NCCCc2ccccc2)n1. The summed E-state index contributed by atoms with van der Waals surface area (Å²) in [6.45, 7) is 5.04. The highest BCUT2D eigenvalue weighted by atomic mass is 16.5. The quantitative estimate of drug-likeness (QED) is 0.817. The predicted octanol–water partition coefficient (Wildman–Crippen LogP) is 2.30. The molecule has 0 unspecified atom stereocenters. The second-order valence-electron chi connectivity index (χ2n) is 6.14. The van der Waals surface area contributed by atoms with Crippen LogP contribution in [0.1, 0.15) is 28.2 Å². The molecule has 1 aromatic carbocycles. The number of nitrogens with zero attached hydrogens (tertiary/aromatic N) is 3. The van der Waals surface area contributed by atoms with Gasteiger partial charge in [-0.15, -0.1) is 0 Å². The molecule has 25 heavy (non-hydrogen) atoms. The Morgan fingerprint density at radius 1 is 1.20 bits per heavy atom. The first kappa shape index (κ1) is 17.4. The van der Waals surface area contributed by atoms with Crippen molar-refractivity contribution in [3.63, 3.8) is 0 Å². The molecule has 6 heteroatoms. The maximum absolute atomic E-state index is 12.6. The fraction of sp³-hybridized carbons (Fsp3) is 0.421. The zero-order valence-corrected chi connectivity index (χ0v) is 14.6. The monoisotopic (exact) mass is 340 g/mol. The molecule has 0 bridgehead atoms. The fourth-order valence-electron chi connectivity index (χ4n) is 2.82. The number of aryl methyl sites for hydroxylation is 2. The highest BCUT2D eigenvalue weighted by Crippen LogP contribution is 2.10. The lowest BCUT2D eigenvalue weighted by atomic mass is 10.1. The molecule has 1 saturated heterocycles. The lowest BCUT2D eigenvalue weighted by molar-refractivity contribution is 0.0299. The minimum atomic E-state index is -0.0545. The molecule has 0 saturated carbocycles. The van der Waals surface area contributed by atoms with Gasteiger partial charge in [0, 0.05) is 25.3 Å². The van der Waals surface area contributed by atoms with E-state index in [1.807, 2.05) is 13.0 Å². The van der Waals surface area contributed by atoms with Crippen LogP contribution in [0.5, 0.6) is 0 Å². The maximum atomic E-state index is 12.6. The molecule has 132 valence electrons. The molecule has 1 N–H and O–H groups in total. The van der Waals surface area contributed by atoms with E-state index in [9.17, 15) is 4.79 Å². The van der Waals surface area contributed by atoms with Crippen LogP contribution in [-0.2, 0) is 11.2 Å². The lowest BCUT2D eigenvalue weighted by Crippen LogP contribution is -2.41. The van der Waals surface area contributed by atoms with Crippen LogP contribution in [0, 0.1) is 6.92 Å². The van der Waals surface area contributed by atoms with E-state index in [0.29, 0.717) is 37.9 Å². The van der Waals surface area contributed by atoms with Crippen LogP contribution in [0.15, 0.2) is 36.4 Å². The van der Waals surface area contributed by atoms with E-state index in [0.717, 1.165) is 25.1 Å². The van der Waals surface area contributed by atoms with E-state index in [1.54, 1.807) is 11.0 Å². The molecule has 2 aromatic rings. The highest BCUT2D eigenvalue weighted by molar-refractivity contribution is 5.92. The molecule has 1 aliphatic rings. The summed E-state index contributed by atoms with van der Waals surface area (Å²) >= 11 is 0. The Kier molecular flexibility index (Phi) is 5.95. The van der Waals surface area contributed by atoms with Gasteiger partial charge >= 0.3 is 0 Å². The number of hydrogen-bond donors (Lipinski definition) is 1. The average Bonchev–Trinajstić information content (AvgIpc) is 2.66. The molecule has 1 amide bonds. The van der Waals surface area contributed by atoms with E-state index in [4.69, 9.17) is 4.74 Å².